The smallest absolute Gasteiger partial charge is 0.324 e. The molecule has 0 amide bonds. The topological polar surface area (TPSA) is 48.1 Å². The van der Waals surface area contributed by atoms with Crippen LogP contribution in [0.2, 0.25) is 18.1 Å². The molecule has 2 rings (SSSR count). The largest absolute Gasteiger partial charge is 0.517 e. The van der Waals surface area contributed by atoms with Crippen LogP contribution in [-0.4, -0.2) is 33.1 Å². The van der Waals surface area contributed by atoms with Gasteiger partial charge < -0.3 is 13.9 Å². The molecule has 0 bridgehead atoms. The Kier molecular flexibility index (Phi) is 5.09. The van der Waals surface area contributed by atoms with Gasteiger partial charge in [-0.05, 0) is 23.7 Å². The summed E-state index contributed by atoms with van der Waals surface area (Å²) < 4.78 is 16.7. The van der Waals surface area contributed by atoms with E-state index < -0.39 is 14.4 Å². The van der Waals surface area contributed by atoms with Gasteiger partial charge in [-0.15, -0.1) is 0 Å². The molecule has 0 N–H and O–H groups in total. The lowest BCUT2D eigenvalue weighted by atomic mass is 10.2. The number of epoxide rings is 1. The highest BCUT2D eigenvalue weighted by Crippen LogP contribution is 2.38. The van der Waals surface area contributed by atoms with Gasteiger partial charge in [-0.2, -0.15) is 0 Å². The highest BCUT2D eigenvalue weighted by molar-refractivity contribution is 6.75. The van der Waals surface area contributed by atoms with Crippen LogP contribution in [0.15, 0.2) is 30.3 Å². The minimum Gasteiger partial charge on any atom is -0.517 e. The van der Waals surface area contributed by atoms with Crippen LogP contribution < -0.4 is 0 Å². The Bertz CT molecular complexity index is 507. The number of ether oxygens (including phenoxy) is 2. The second-order valence-electron chi connectivity index (χ2n) is 7.28. The van der Waals surface area contributed by atoms with Crippen molar-refractivity contribution in [1.29, 1.82) is 0 Å². The highest BCUT2D eigenvalue weighted by atomic mass is 28.4. The summed E-state index contributed by atoms with van der Waals surface area (Å²) in [5.41, 5.74) is 1.11. The third-order valence-electron chi connectivity index (χ3n) is 4.37. The van der Waals surface area contributed by atoms with Crippen LogP contribution in [-0.2, 0) is 25.3 Å². The van der Waals surface area contributed by atoms with Crippen LogP contribution >= 0.6 is 0 Å². The van der Waals surface area contributed by atoms with Crippen molar-refractivity contribution in [2.75, 3.05) is 6.61 Å². The molecule has 1 aliphatic heterocycles. The van der Waals surface area contributed by atoms with Gasteiger partial charge in [0.15, 0.2) is 6.10 Å². The highest BCUT2D eigenvalue weighted by Gasteiger charge is 2.50. The van der Waals surface area contributed by atoms with Gasteiger partial charge >= 0.3 is 5.97 Å². The fourth-order valence-electron chi connectivity index (χ4n) is 1.81. The van der Waals surface area contributed by atoms with Gasteiger partial charge in [0.25, 0.3) is 8.32 Å². The number of carbonyl (C=O) groups is 1. The summed E-state index contributed by atoms with van der Waals surface area (Å²) in [4.78, 5) is 12.1. The average molecular weight is 322 g/mol. The maximum Gasteiger partial charge on any atom is 0.324 e. The van der Waals surface area contributed by atoms with Crippen LogP contribution in [0, 0.1) is 0 Å². The van der Waals surface area contributed by atoms with Crippen molar-refractivity contribution in [3.8, 4) is 0 Å². The van der Waals surface area contributed by atoms with Crippen molar-refractivity contribution in [2.24, 2.45) is 0 Å². The normalized spacial score (nSPS) is 21.5. The number of rotatable bonds is 6. The third-order valence-corrected chi connectivity index (χ3v) is 8.69. The van der Waals surface area contributed by atoms with Crippen molar-refractivity contribution < 1.29 is 18.7 Å². The first-order chi connectivity index (χ1) is 10.2. The van der Waals surface area contributed by atoms with Crippen molar-refractivity contribution in [1.82, 2.24) is 0 Å². The third kappa shape index (κ3) is 4.41. The van der Waals surface area contributed by atoms with E-state index in [4.69, 9.17) is 13.9 Å². The van der Waals surface area contributed by atoms with Crippen molar-refractivity contribution in [2.45, 2.75) is 57.7 Å². The van der Waals surface area contributed by atoms with E-state index in [1.165, 1.54) is 0 Å². The van der Waals surface area contributed by atoms with Gasteiger partial charge in [-0.3, -0.25) is 4.79 Å². The van der Waals surface area contributed by atoms with Crippen LogP contribution in [0.3, 0.4) is 0 Å². The minimum absolute atomic E-state index is 0.0108. The molecule has 0 radical (unpaired) electrons. The van der Waals surface area contributed by atoms with E-state index in [0.717, 1.165) is 5.56 Å². The molecule has 0 aromatic heterocycles. The maximum absolute atomic E-state index is 12.1. The molecule has 0 aliphatic carbocycles. The predicted molar refractivity (Wildman–Crippen MR) is 88.0 cm³/mol. The Balaban J connectivity index is 1.72. The number of hydrogen-bond donors (Lipinski definition) is 0. The van der Waals surface area contributed by atoms with E-state index in [2.05, 4.69) is 33.9 Å². The summed E-state index contributed by atoms with van der Waals surface area (Å²) in [6.07, 6.45) is -0.620. The molecule has 1 fully saturated rings. The van der Waals surface area contributed by atoms with E-state index in [-0.39, 0.29) is 17.1 Å². The first-order valence-electron chi connectivity index (χ1n) is 7.71. The molecule has 0 unspecified atom stereocenters. The average Bonchev–Trinajstić information content (AvgIpc) is 3.18. The molecular weight excluding hydrogens is 296 g/mol. The summed E-state index contributed by atoms with van der Waals surface area (Å²) in [6, 6.07) is 9.95. The molecule has 0 spiro atoms. The first kappa shape index (κ1) is 17.2. The molecular formula is C17H26O4Si. The van der Waals surface area contributed by atoms with Gasteiger partial charge in [0.2, 0.25) is 0 Å². The molecule has 1 aromatic rings. The quantitative estimate of drug-likeness (QED) is 0.594. The molecule has 22 heavy (non-hydrogen) atoms. The van der Waals surface area contributed by atoms with E-state index in [0.29, 0.717) is 13.2 Å². The molecule has 1 aromatic carbocycles. The molecule has 5 heteroatoms. The molecule has 1 saturated heterocycles. The standard InChI is InChI=1S/C17H26O4Si/c1-17(2,3)22(4,5)21-16(18)15-14(20-15)12-19-11-13-9-7-6-8-10-13/h6-10,14-15H,11-12H2,1-5H3/t14-,15-/m0/s1. The lowest BCUT2D eigenvalue weighted by Gasteiger charge is -2.35. The van der Waals surface area contributed by atoms with Crippen LogP contribution in [0.5, 0.6) is 0 Å². The zero-order valence-electron chi connectivity index (χ0n) is 14.1. The van der Waals surface area contributed by atoms with Crippen molar-refractivity contribution in [3.05, 3.63) is 35.9 Å². The van der Waals surface area contributed by atoms with Gasteiger partial charge in [0.1, 0.15) is 6.10 Å². The fraction of sp³-hybridized carbons (Fsp3) is 0.588. The molecule has 122 valence electrons. The lowest BCUT2D eigenvalue weighted by Crippen LogP contribution is -2.43. The zero-order valence-corrected chi connectivity index (χ0v) is 15.1. The molecule has 1 aliphatic rings. The van der Waals surface area contributed by atoms with E-state index in [1.807, 2.05) is 30.3 Å². The Morgan fingerprint density at radius 1 is 1.23 bits per heavy atom. The lowest BCUT2D eigenvalue weighted by molar-refractivity contribution is -0.136. The monoisotopic (exact) mass is 322 g/mol. The van der Waals surface area contributed by atoms with Gasteiger partial charge in [0, 0.05) is 0 Å². The zero-order chi connectivity index (χ0) is 16.4. The summed E-state index contributed by atoms with van der Waals surface area (Å²) in [5.74, 6) is -0.236. The summed E-state index contributed by atoms with van der Waals surface area (Å²) in [6.45, 7) is 11.4. The van der Waals surface area contributed by atoms with E-state index in [1.54, 1.807) is 0 Å². The Hall–Kier alpha value is -1.17. The first-order valence-corrected chi connectivity index (χ1v) is 10.6. The molecule has 2 atom stereocenters. The number of benzene rings is 1. The number of carbonyl (C=O) groups excluding carboxylic acids is 1. The molecule has 1 heterocycles. The van der Waals surface area contributed by atoms with E-state index in [9.17, 15) is 4.79 Å². The van der Waals surface area contributed by atoms with Gasteiger partial charge in [-0.25, -0.2) is 0 Å². The second kappa shape index (κ2) is 6.52. The summed E-state index contributed by atoms with van der Waals surface area (Å²) in [7, 11) is -2.07. The number of hydrogen-bond acceptors (Lipinski definition) is 4. The SMILES string of the molecule is CC(C)(C)[Si](C)(C)OC(=O)[C@H]1O[C@H]1COCc1ccccc1. The fourth-order valence-corrected chi connectivity index (χ4v) is 2.73. The summed E-state index contributed by atoms with van der Waals surface area (Å²) in [5, 5.41) is 0.0108. The van der Waals surface area contributed by atoms with Crippen LogP contribution in [0.4, 0.5) is 0 Å². The molecule has 4 nitrogen and oxygen atoms in total. The van der Waals surface area contributed by atoms with Gasteiger partial charge in [-0.1, -0.05) is 51.1 Å². The molecule has 0 saturated carbocycles. The summed E-state index contributed by atoms with van der Waals surface area (Å²) >= 11 is 0. The second-order valence-corrected chi connectivity index (χ2v) is 12.0. The maximum atomic E-state index is 12.1. The van der Waals surface area contributed by atoms with Crippen molar-refractivity contribution >= 4 is 14.3 Å². The van der Waals surface area contributed by atoms with Crippen molar-refractivity contribution in [3.63, 3.8) is 0 Å². The predicted octanol–water partition coefficient (Wildman–Crippen LogP) is 3.52. The minimum atomic E-state index is -2.07. The Labute approximate surface area is 133 Å². The van der Waals surface area contributed by atoms with Crippen LogP contribution in [0.1, 0.15) is 26.3 Å². The Morgan fingerprint density at radius 3 is 2.45 bits per heavy atom. The Morgan fingerprint density at radius 2 is 1.86 bits per heavy atom. The van der Waals surface area contributed by atoms with Crippen LogP contribution in [0.25, 0.3) is 0 Å². The van der Waals surface area contributed by atoms with Gasteiger partial charge in [0.05, 0.1) is 13.2 Å². The van der Waals surface area contributed by atoms with E-state index >= 15 is 0 Å².